The number of benzene rings is 2. The first-order valence-corrected chi connectivity index (χ1v) is 11.0. The molecule has 9 heteroatoms. The van der Waals surface area contributed by atoms with Gasteiger partial charge in [0.15, 0.2) is 6.79 Å². The third-order valence-electron chi connectivity index (χ3n) is 5.86. The minimum absolute atomic E-state index is 0.0167. The molecule has 3 rings (SSSR count). The van der Waals surface area contributed by atoms with Crippen molar-refractivity contribution in [2.24, 2.45) is 0 Å². The van der Waals surface area contributed by atoms with Crippen molar-refractivity contribution in [2.45, 2.75) is 45.5 Å². The molecule has 1 heterocycles. The molecule has 1 aliphatic heterocycles. The fourth-order valence-corrected chi connectivity index (χ4v) is 3.19. The number of carbonyl (C=O) groups excluding carboxylic acids is 1. The normalized spacial score (nSPS) is 16.9. The molecular weight excluding hydrogens is 440 g/mol. The average molecular weight is 471 g/mol. The molecule has 2 aromatic carbocycles. The van der Waals surface area contributed by atoms with E-state index in [0.29, 0.717) is 16.8 Å². The Balaban J connectivity index is 1.75. The maximum absolute atomic E-state index is 14.8. The zero-order valence-corrected chi connectivity index (χ0v) is 20.2. The summed E-state index contributed by atoms with van der Waals surface area (Å²) in [7, 11) is 0.714. The minimum atomic E-state index is -0.775. The van der Waals surface area contributed by atoms with E-state index in [1.165, 1.54) is 13.2 Å². The number of rotatable bonds is 9. The van der Waals surface area contributed by atoms with Gasteiger partial charge in [-0.25, -0.2) is 9.18 Å². The number of amides is 1. The van der Waals surface area contributed by atoms with Crippen LogP contribution in [0.4, 0.5) is 9.18 Å². The van der Waals surface area contributed by atoms with Crippen molar-refractivity contribution in [1.29, 1.82) is 0 Å². The van der Waals surface area contributed by atoms with Gasteiger partial charge in [0.2, 0.25) is 0 Å². The van der Waals surface area contributed by atoms with Crippen molar-refractivity contribution in [3.05, 3.63) is 70.9 Å². The first-order valence-electron chi connectivity index (χ1n) is 11.0. The Bertz CT molecular complexity index is 996. The van der Waals surface area contributed by atoms with Crippen LogP contribution in [0.3, 0.4) is 0 Å². The maximum Gasteiger partial charge on any atom is 0.492 e. The molecule has 1 fully saturated rings. The summed E-state index contributed by atoms with van der Waals surface area (Å²) in [6, 6.07) is 13.9. The van der Waals surface area contributed by atoms with Crippen molar-refractivity contribution < 1.29 is 32.7 Å². The van der Waals surface area contributed by atoms with Crippen molar-refractivity contribution >= 4 is 19.3 Å². The number of nitrogens with one attached hydrogen (secondary N) is 1. The molecular formula is C25H31BFNO6. The fourth-order valence-electron chi connectivity index (χ4n) is 3.19. The van der Waals surface area contributed by atoms with Gasteiger partial charge in [-0.15, -0.1) is 0 Å². The molecule has 0 bridgehead atoms. The van der Waals surface area contributed by atoms with Crippen LogP contribution in [0, 0.1) is 5.82 Å². The van der Waals surface area contributed by atoms with Gasteiger partial charge >= 0.3 is 13.2 Å². The topological polar surface area (TPSA) is 75.3 Å². The van der Waals surface area contributed by atoms with Gasteiger partial charge in [-0.1, -0.05) is 36.4 Å². The van der Waals surface area contributed by atoms with Crippen molar-refractivity contribution in [3.63, 3.8) is 0 Å². The Hall–Kier alpha value is -2.88. The quantitative estimate of drug-likeness (QED) is 0.420. The van der Waals surface area contributed by atoms with Gasteiger partial charge in [0, 0.05) is 25.3 Å². The Labute approximate surface area is 200 Å². The van der Waals surface area contributed by atoms with E-state index in [2.05, 4.69) is 5.32 Å². The molecule has 0 aliphatic carbocycles. The first-order chi connectivity index (χ1) is 16.1. The number of hydrogen-bond acceptors (Lipinski definition) is 6. The highest BCUT2D eigenvalue weighted by Crippen LogP contribution is 2.39. The standard InChI is InChI=1S/C25H31BFNO6/c1-24(2)25(3,4)34-26(33-24)20(13-19-11-12-21(14-22(19)27)32-17-30-5)15-28-23(29)31-16-18-9-7-6-8-10-18/h6-14H,15-17H2,1-5H3,(H,28,29). The third kappa shape index (κ3) is 6.59. The summed E-state index contributed by atoms with van der Waals surface area (Å²) in [6.07, 6.45) is 1.00. The van der Waals surface area contributed by atoms with E-state index >= 15 is 0 Å². The smallest absolute Gasteiger partial charge is 0.467 e. The largest absolute Gasteiger partial charge is 0.492 e. The molecule has 0 radical (unpaired) electrons. The van der Waals surface area contributed by atoms with E-state index < -0.39 is 30.2 Å². The van der Waals surface area contributed by atoms with E-state index in [0.717, 1.165) is 5.56 Å². The van der Waals surface area contributed by atoms with Crippen molar-refractivity contribution in [1.82, 2.24) is 5.32 Å². The highest BCUT2D eigenvalue weighted by molar-refractivity contribution is 6.56. The van der Waals surface area contributed by atoms with Crippen LogP contribution >= 0.6 is 0 Å². The molecule has 0 atom stereocenters. The highest BCUT2D eigenvalue weighted by atomic mass is 19.1. The Kier molecular flexibility index (Phi) is 8.35. The first kappa shape index (κ1) is 25.7. The predicted octanol–water partition coefficient (Wildman–Crippen LogP) is 4.75. The third-order valence-corrected chi connectivity index (χ3v) is 5.86. The second-order valence-corrected chi connectivity index (χ2v) is 8.96. The van der Waals surface area contributed by atoms with Gasteiger partial charge in [0.1, 0.15) is 18.2 Å². The second-order valence-electron chi connectivity index (χ2n) is 8.96. The van der Waals surface area contributed by atoms with E-state index in [-0.39, 0.29) is 19.9 Å². The van der Waals surface area contributed by atoms with Crippen molar-refractivity contribution in [2.75, 3.05) is 20.4 Å². The molecule has 1 saturated heterocycles. The fraction of sp³-hybridized carbons (Fsp3) is 0.400. The summed E-state index contributed by atoms with van der Waals surface area (Å²) in [5, 5.41) is 2.71. The van der Waals surface area contributed by atoms with E-state index in [1.54, 1.807) is 18.2 Å². The van der Waals surface area contributed by atoms with Crippen LogP contribution < -0.4 is 10.1 Å². The summed E-state index contributed by atoms with van der Waals surface area (Å²) >= 11 is 0. The summed E-state index contributed by atoms with van der Waals surface area (Å²) in [4.78, 5) is 12.3. The van der Waals surface area contributed by atoms with Gasteiger partial charge in [-0.2, -0.15) is 0 Å². The number of hydrogen-bond donors (Lipinski definition) is 1. The van der Waals surface area contributed by atoms with Gasteiger partial charge in [0.05, 0.1) is 11.2 Å². The lowest BCUT2D eigenvalue weighted by atomic mass is 9.77. The second kappa shape index (κ2) is 11.0. The molecule has 0 aromatic heterocycles. The molecule has 1 aliphatic rings. The number of methoxy groups -OCH3 is 1. The van der Waals surface area contributed by atoms with Crippen LogP contribution in [0.15, 0.2) is 54.0 Å². The van der Waals surface area contributed by atoms with E-state index in [1.807, 2.05) is 58.0 Å². The molecule has 1 N–H and O–H groups in total. The lowest BCUT2D eigenvalue weighted by Gasteiger charge is -2.32. The Morgan fingerprint density at radius 1 is 1.09 bits per heavy atom. The zero-order chi connectivity index (χ0) is 24.8. The summed E-state index contributed by atoms with van der Waals surface area (Å²) in [5.74, 6) is -0.148. The number of ether oxygens (including phenoxy) is 3. The molecule has 182 valence electrons. The maximum atomic E-state index is 14.8. The molecule has 0 unspecified atom stereocenters. The summed E-state index contributed by atoms with van der Waals surface area (Å²) in [6.45, 7) is 7.90. The van der Waals surface area contributed by atoms with Crippen LogP contribution in [0.25, 0.3) is 6.08 Å². The minimum Gasteiger partial charge on any atom is -0.467 e. The number of alkyl carbamates (subject to hydrolysis) is 1. The molecule has 7 nitrogen and oxygen atoms in total. The van der Waals surface area contributed by atoms with Crippen LogP contribution in [0.5, 0.6) is 5.75 Å². The van der Waals surface area contributed by atoms with Gasteiger partial charge in [-0.05, 0) is 50.9 Å². The molecule has 34 heavy (non-hydrogen) atoms. The van der Waals surface area contributed by atoms with E-state index in [9.17, 15) is 9.18 Å². The summed E-state index contributed by atoms with van der Waals surface area (Å²) < 4.78 is 42.5. The lowest BCUT2D eigenvalue weighted by Crippen LogP contribution is -2.41. The average Bonchev–Trinajstić information content (AvgIpc) is 3.02. The van der Waals surface area contributed by atoms with Crippen LogP contribution in [0.2, 0.25) is 0 Å². The van der Waals surface area contributed by atoms with Gasteiger partial charge < -0.3 is 28.8 Å². The van der Waals surface area contributed by atoms with Crippen LogP contribution in [-0.2, 0) is 25.4 Å². The molecule has 0 saturated carbocycles. The molecule has 0 spiro atoms. The Morgan fingerprint density at radius 3 is 2.38 bits per heavy atom. The van der Waals surface area contributed by atoms with Gasteiger partial charge in [-0.3, -0.25) is 0 Å². The SMILES string of the molecule is COCOc1ccc(C=C(CNC(=O)OCc2ccccc2)B2OC(C)(C)C(C)(C)O2)c(F)c1. The Morgan fingerprint density at radius 2 is 1.76 bits per heavy atom. The van der Waals surface area contributed by atoms with Crippen LogP contribution in [-0.4, -0.2) is 44.9 Å². The molecule has 1 amide bonds. The number of halogens is 1. The number of carbonyl (C=O) groups is 1. The highest BCUT2D eigenvalue weighted by Gasteiger charge is 2.52. The monoisotopic (exact) mass is 471 g/mol. The van der Waals surface area contributed by atoms with Crippen molar-refractivity contribution in [3.8, 4) is 5.75 Å². The van der Waals surface area contributed by atoms with Crippen LogP contribution in [0.1, 0.15) is 38.8 Å². The lowest BCUT2D eigenvalue weighted by molar-refractivity contribution is 0.00578. The van der Waals surface area contributed by atoms with E-state index in [4.69, 9.17) is 23.5 Å². The van der Waals surface area contributed by atoms with Gasteiger partial charge in [0.25, 0.3) is 0 Å². The molecule has 2 aromatic rings. The predicted molar refractivity (Wildman–Crippen MR) is 128 cm³/mol. The zero-order valence-electron chi connectivity index (χ0n) is 20.2. The summed E-state index contributed by atoms with van der Waals surface area (Å²) in [5.41, 5.74) is 0.521.